The fourth-order valence-electron chi connectivity index (χ4n) is 6.72. The zero-order valence-corrected chi connectivity index (χ0v) is 13.4. The highest BCUT2D eigenvalue weighted by Gasteiger charge is 2.76. The van der Waals surface area contributed by atoms with E-state index in [2.05, 4.69) is 6.08 Å². The predicted molar refractivity (Wildman–Crippen MR) is 86.0 cm³/mol. The maximum atomic E-state index is 14.3. The van der Waals surface area contributed by atoms with Crippen molar-refractivity contribution in [3.8, 4) is 0 Å². The zero-order chi connectivity index (χ0) is 16.0. The first kappa shape index (κ1) is 13.8. The Hall–Kier alpha value is -1.64. The van der Waals surface area contributed by atoms with Crippen LogP contribution in [0.3, 0.4) is 0 Å². The fraction of sp³-hybridized carbons (Fsp3) is 0.550. The summed E-state index contributed by atoms with van der Waals surface area (Å²) in [6.45, 7) is 2.05. The largest absolute Gasteiger partial charge is 0.273 e. The quantitative estimate of drug-likeness (QED) is 0.812. The molecule has 5 rings (SSSR count). The Balaban J connectivity index is 1.77. The van der Waals surface area contributed by atoms with Crippen LogP contribution >= 0.6 is 0 Å². The number of hydrogen-bond donors (Lipinski definition) is 0. The molecule has 4 atom stereocenters. The summed E-state index contributed by atoms with van der Waals surface area (Å²) in [6.07, 6.45) is 7.98. The van der Waals surface area contributed by atoms with Crippen LogP contribution in [0.25, 0.3) is 6.08 Å². The predicted octanol–water partition coefficient (Wildman–Crippen LogP) is 4.04. The average molecular weight is 310 g/mol. The van der Waals surface area contributed by atoms with Crippen LogP contribution in [0.2, 0.25) is 0 Å². The van der Waals surface area contributed by atoms with E-state index in [4.69, 9.17) is 5.73 Å². The molecule has 0 aliphatic heterocycles. The number of fused-ring (bicyclic) bond motifs is 6. The molecule has 0 aromatic heterocycles. The second kappa shape index (κ2) is 4.06. The third kappa shape index (κ3) is 1.31. The van der Waals surface area contributed by atoms with Gasteiger partial charge in [0.1, 0.15) is 5.82 Å². The lowest BCUT2D eigenvalue weighted by molar-refractivity contribution is -0.150. The molecule has 3 fully saturated rings. The van der Waals surface area contributed by atoms with Gasteiger partial charge in [-0.25, -0.2) is 4.39 Å². The van der Waals surface area contributed by atoms with E-state index in [-0.39, 0.29) is 17.1 Å². The number of rotatable bonds is 2. The SMILES string of the molecule is CC1=Cc2c(C34CCC3(C([NH])=O)C3CCC4C3)ccc(F)c2C1. The molecule has 1 N–H and O–H groups in total. The first-order chi connectivity index (χ1) is 11.0. The Labute approximate surface area is 135 Å². The molecular weight excluding hydrogens is 289 g/mol. The highest BCUT2D eigenvalue weighted by Crippen LogP contribution is 2.77. The van der Waals surface area contributed by atoms with Gasteiger partial charge in [0.2, 0.25) is 5.91 Å². The van der Waals surface area contributed by atoms with Crippen molar-refractivity contribution in [3.05, 3.63) is 40.2 Å². The summed E-state index contributed by atoms with van der Waals surface area (Å²) in [5.74, 6) is 0.379. The molecule has 1 aromatic carbocycles. The molecule has 0 spiro atoms. The lowest BCUT2D eigenvalue weighted by Gasteiger charge is -2.60. The minimum atomic E-state index is -0.480. The van der Waals surface area contributed by atoms with Crippen LogP contribution in [0.15, 0.2) is 17.7 Å². The number of hydrogen-bond acceptors (Lipinski definition) is 1. The molecule has 119 valence electrons. The van der Waals surface area contributed by atoms with E-state index in [1.54, 1.807) is 6.07 Å². The smallest absolute Gasteiger partial charge is 0.245 e. The fourth-order valence-corrected chi connectivity index (χ4v) is 6.72. The molecule has 4 unspecified atom stereocenters. The van der Waals surface area contributed by atoms with E-state index in [0.717, 1.165) is 43.2 Å². The first-order valence-electron chi connectivity index (χ1n) is 8.76. The molecule has 3 saturated carbocycles. The number of allylic oxidation sites excluding steroid dienone is 1. The van der Waals surface area contributed by atoms with Crippen molar-refractivity contribution in [2.75, 3.05) is 0 Å². The van der Waals surface area contributed by atoms with Crippen molar-refractivity contribution < 1.29 is 9.18 Å². The van der Waals surface area contributed by atoms with Gasteiger partial charge in [0.05, 0.1) is 5.41 Å². The standard InChI is InChI=1S/C20H21FNO/c1-11-8-14-15(9-11)17(21)5-4-16(14)19-6-7-20(19,18(22)23)13-3-2-12(19)10-13/h4-5,8,12-13,22H,2-3,6-7,9-10H2,1H3. The summed E-state index contributed by atoms with van der Waals surface area (Å²) >= 11 is 0. The number of carbonyl (C=O) groups is 1. The van der Waals surface area contributed by atoms with Gasteiger partial charge < -0.3 is 0 Å². The maximum absolute atomic E-state index is 14.3. The van der Waals surface area contributed by atoms with Crippen molar-refractivity contribution in [3.63, 3.8) is 0 Å². The van der Waals surface area contributed by atoms with Crippen molar-refractivity contribution in [1.82, 2.24) is 5.73 Å². The van der Waals surface area contributed by atoms with E-state index < -0.39 is 5.41 Å². The van der Waals surface area contributed by atoms with E-state index in [1.807, 2.05) is 13.0 Å². The molecule has 2 nitrogen and oxygen atoms in total. The second-order valence-corrected chi connectivity index (χ2v) is 8.13. The van der Waals surface area contributed by atoms with Gasteiger partial charge in [0.15, 0.2) is 0 Å². The van der Waals surface area contributed by atoms with E-state index in [9.17, 15) is 9.18 Å². The van der Waals surface area contributed by atoms with Crippen LogP contribution in [0.4, 0.5) is 4.39 Å². The average Bonchev–Trinajstić information content (AvgIpc) is 3.11. The first-order valence-corrected chi connectivity index (χ1v) is 8.76. The molecule has 23 heavy (non-hydrogen) atoms. The Morgan fingerprint density at radius 1 is 1.26 bits per heavy atom. The van der Waals surface area contributed by atoms with Gasteiger partial charge in [-0.1, -0.05) is 17.7 Å². The highest BCUT2D eigenvalue weighted by molar-refractivity contribution is 5.86. The van der Waals surface area contributed by atoms with Gasteiger partial charge in [0.25, 0.3) is 0 Å². The molecule has 1 radical (unpaired) electrons. The molecule has 1 amide bonds. The normalized spacial score (nSPS) is 39.7. The van der Waals surface area contributed by atoms with Gasteiger partial charge in [0, 0.05) is 5.41 Å². The van der Waals surface area contributed by atoms with Crippen molar-refractivity contribution in [1.29, 1.82) is 0 Å². The van der Waals surface area contributed by atoms with Gasteiger partial charge >= 0.3 is 0 Å². The van der Waals surface area contributed by atoms with E-state index in [0.29, 0.717) is 18.3 Å². The minimum absolute atomic E-state index is 0.126. The molecule has 4 aliphatic carbocycles. The molecule has 3 heteroatoms. The Morgan fingerprint density at radius 3 is 2.74 bits per heavy atom. The van der Waals surface area contributed by atoms with Crippen LogP contribution in [-0.2, 0) is 16.6 Å². The molecule has 4 aliphatic rings. The number of halogens is 1. The van der Waals surface area contributed by atoms with Gasteiger partial charge in [-0.05, 0) is 80.0 Å². The number of benzene rings is 1. The molecule has 1 aromatic rings. The second-order valence-electron chi connectivity index (χ2n) is 8.13. The van der Waals surface area contributed by atoms with E-state index in [1.165, 1.54) is 11.1 Å². The van der Waals surface area contributed by atoms with Crippen molar-refractivity contribution in [2.45, 2.75) is 50.9 Å². The van der Waals surface area contributed by atoms with Gasteiger partial charge in [-0.3, -0.25) is 10.5 Å². The molecule has 0 saturated heterocycles. The topological polar surface area (TPSA) is 40.9 Å². The third-order valence-electron chi connectivity index (χ3n) is 7.57. The van der Waals surface area contributed by atoms with Crippen LogP contribution in [0, 0.1) is 23.1 Å². The molecular formula is C20H21FNO. The zero-order valence-electron chi connectivity index (χ0n) is 13.4. The van der Waals surface area contributed by atoms with Crippen LogP contribution in [0.1, 0.15) is 55.7 Å². The molecule has 0 heterocycles. The lowest BCUT2D eigenvalue weighted by atomic mass is 9.41. The maximum Gasteiger partial charge on any atom is 0.245 e. The summed E-state index contributed by atoms with van der Waals surface area (Å²) in [4.78, 5) is 12.4. The summed E-state index contributed by atoms with van der Waals surface area (Å²) < 4.78 is 14.3. The van der Waals surface area contributed by atoms with Gasteiger partial charge in [-0.2, -0.15) is 0 Å². The van der Waals surface area contributed by atoms with Crippen molar-refractivity contribution >= 4 is 12.0 Å². The van der Waals surface area contributed by atoms with Crippen LogP contribution in [-0.4, -0.2) is 5.91 Å². The van der Waals surface area contributed by atoms with Gasteiger partial charge in [-0.15, -0.1) is 0 Å². The lowest BCUT2D eigenvalue weighted by Crippen LogP contribution is -2.62. The van der Waals surface area contributed by atoms with Crippen molar-refractivity contribution in [2.24, 2.45) is 17.3 Å². The third-order valence-corrected chi connectivity index (χ3v) is 7.57. The summed E-state index contributed by atoms with van der Waals surface area (Å²) in [5, 5.41) is 0. The number of nitrogens with one attached hydrogen (secondary N) is 1. The Bertz CT molecular complexity index is 782. The minimum Gasteiger partial charge on any atom is -0.273 e. The monoisotopic (exact) mass is 310 g/mol. The Kier molecular flexibility index (Phi) is 2.43. The van der Waals surface area contributed by atoms with Crippen LogP contribution in [0.5, 0.6) is 0 Å². The molecule has 2 bridgehead atoms. The summed E-state index contributed by atoms with van der Waals surface area (Å²) in [6, 6.07) is 3.53. The number of amides is 1. The highest BCUT2D eigenvalue weighted by atomic mass is 19.1. The number of carbonyl (C=O) groups excluding carboxylic acids is 1. The Morgan fingerprint density at radius 2 is 2.04 bits per heavy atom. The van der Waals surface area contributed by atoms with E-state index >= 15 is 0 Å². The summed E-state index contributed by atoms with van der Waals surface area (Å²) in [7, 11) is 0. The summed E-state index contributed by atoms with van der Waals surface area (Å²) in [5.41, 5.74) is 11.6. The van der Waals surface area contributed by atoms with Crippen LogP contribution < -0.4 is 5.73 Å².